The maximum absolute atomic E-state index is 12.4. The highest BCUT2D eigenvalue weighted by molar-refractivity contribution is 5.79. The lowest BCUT2D eigenvalue weighted by molar-refractivity contribution is -0.143. The second kappa shape index (κ2) is 8.25. The molecule has 1 aliphatic rings. The first kappa shape index (κ1) is 17.0. The van der Waals surface area contributed by atoms with Gasteiger partial charge in [0.2, 0.25) is 5.91 Å². The maximum atomic E-state index is 12.4. The Labute approximate surface area is 122 Å². The van der Waals surface area contributed by atoms with E-state index in [0.29, 0.717) is 6.04 Å². The number of carbonyl (C=O) groups excluding carboxylic acids is 2. The molecule has 0 atom stereocenters. The molecule has 5 heteroatoms. The molecular formula is C15H28N2O3. The number of hydrogen-bond acceptors (Lipinski definition) is 4. The largest absolute Gasteiger partial charge is 0.468 e. The number of likely N-dealkylation sites (N-methyl/N-ethyl adjacent to an activating group) is 1. The van der Waals surface area contributed by atoms with Gasteiger partial charge in [-0.1, -0.05) is 19.3 Å². The van der Waals surface area contributed by atoms with Crippen LogP contribution >= 0.6 is 0 Å². The van der Waals surface area contributed by atoms with E-state index in [0.717, 1.165) is 12.8 Å². The van der Waals surface area contributed by atoms with Gasteiger partial charge in [0.25, 0.3) is 0 Å². The molecule has 0 unspecified atom stereocenters. The predicted molar refractivity (Wildman–Crippen MR) is 78.4 cm³/mol. The molecule has 0 heterocycles. The Bertz CT molecular complexity index is 325. The summed E-state index contributed by atoms with van der Waals surface area (Å²) in [6.07, 6.45) is 5.89. The minimum Gasteiger partial charge on any atom is -0.468 e. The molecule has 1 rings (SSSR count). The van der Waals surface area contributed by atoms with Gasteiger partial charge in [-0.2, -0.15) is 0 Å². The topological polar surface area (TPSA) is 49.9 Å². The molecule has 1 fully saturated rings. The fraction of sp³-hybridized carbons (Fsp3) is 0.867. The zero-order valence-electron chi connectivity index (χ0n) is 13.2. The van der Waals surface area contributed by atoms with Crippen LogP contribution in [0.3, 0.4) is 0 Å². The van der Waals surface area contributed by atoms with Crippen LogP contribution in [0, 0.1) is 0 Å². The lowest BCUT2D eigenvalue weighted by atomic mass is 9.94. The summed E-state index contributed by atoms with van der Waals surface area (Å²) in [5.74, 6) is -0.207. The van der Waals surface area contributed by atoms with Gasteiger partial charge in [0, 0.05) is 19.1 Å². The summed E-state index contributed by atoms with van der Waals surface area (Å²) in [5.41, 5.74) is 0. The molecule has 20 heavy (non-hydrogen) atoms. The van der Waals surface area contributed by atoms with Crippen LogP contribution in [0.25, 0.3) is 0 Å². The summed E-state index contributed by atoms with van der Waals surface area (Å²) in [5, 5.41) is 0. The maximum Gasteiger partial charge on any atom is 0.319 e. The lowest BCUT2D eigenvalue weighted by Crippen LogP contribution is -2.47. The molecule has 0 aromatic heterocycles. The van der Waals surface area contributed by atoms with Crippen LogP contribution in [0.2, 0.25) is 0 Å². The van der Waals surface area contributed by atoms with Crippen LogP contribution in [-0.2, 0) is 14.3 Å². The van der Waals surface area contributed by atoms with E-state index in [1.54, 1.807) is 0 Å². The molecule has 0 spiro atoms. The van der Waals surface area contributed by atoms with E-state index in [1.807, 2.05) is 30.7 Å². The highest BCUT2D eigenvalue weighted by Crippen LogP contribution is 2.21. The molecule has 0 aliphatic heterocycles. The van der Waals surface area contributed by atoms with Crippen LogP contribution in [0.4, 0.5) is 0 Å². The highest BCUT2D eigenvalue weighted by atomic mass is 16.5. The van der Waals surface area contributed by atoms with Crippen molar-refractivity contribution in [2.45, 2.75) is 58.0 Å². The van der Waals surface area contributed by atoms with E-state index in [4.69, 9.17) is 0 Å². The zero-order valence-corrected chi connectivity index (χ0v) is 13.2. The molecule has 0 aromatic carbocycles. The average molecular weight is 284 g/mol. The van der Waals surface area contributed by atoms with Crippen molar-refractivity contribution in [3.63, 3.8) is 0 Å². The van der Waals surface area contributed by atoms with Crippen molar-refractivity contribution in [1.29, 1.82) is 0 Å². The Morgan fingerprint density at radius 2 is 1.75 bits per heavy atom. The second-order valence-corrected chi connectivity index (χ2v) is 5.87. The summed E-state index contributed by atoms with van der Waals surface area (Å²) < 4.78 is 4.68. The average Bonchev–Trinajstić information content (AvgIpc) is 2.46. The Kier molecular flexibility index (Phi) is 6.99. The predicted octanol–water partition coefficient (Wildman–Crippen LogP) is 1.66. The van der Waals surface area contributed by atoms with E-state index in [9.17, 15) is 9.59 Å². The van der Waals surface area contributed by atoms with Gasteiger partial charge in [-0.15, -0.1) is 0 Å². The Morgan fingerprint density at radius 1 is 1.15 bits per heavy atom. The minimum absolute atomic E-state index is 0.0921. The van der Waals surface area contributed by atoms with Gasteiger partial charge >= 0.3 is 5.97 Å². The van der Waals surface area contributed by atoms with Gasteiger partial charge < -0.3 is 9.64 Å². The van der Waals surface area contributed by atoms with Gasteiger partial charge in [0.05, 0.1) is 20.2 Å². The summed E-state index contributed by atoms with van der Waals surface area (Å²) in [6.45, 7) is 4.41. The third kappa shape index (κ3) is 5.12. The number of methoxy groups -OCH3 is 1. The van der Waals surface area contributed by atoms with Crippen molar-refractivity contribution in [2.24, 2.45) is 0 Å². The molecule has 0 N–H and O–H groups in total. The van der Waals surface area contributed by atoms with E-state index >= 15 is 0 Å². The molecule has 0 saturated heterocycles. The fourth-order valence-corrected chi connectivity index (χ4v) is 2.61. The number of amides is 1. The molecule has 0 aromatic rings. The van der Waals surface area contributed by atoms with Crippen molar-refractivity contribution >= 4 is 11.9 Å². The summed E-state index contributed by atoms with van der Waals surface area (Å²) in [4.78, 5) is 27.5. The van der Waals surface area contributed by atoms with Crippen LogP contribution in [-0.4, -0.2) is 61.0 Å². The fourth-order valence-electron chi connectivity index (χ4n) is 2.61. The van der Waals surface area contributed by atoms with Crippen molar-refractivity contribution in [1.82, 2.24) is 9.80 Å². The molecule has 116 valence electrons. The van der Waals surface area contributed by atoms with Gasteiger partial charge in [-0.05, 0) is 26.7 Å². The molecule has 0 radical (unpaired) electrons. The smallest absolute Gasteiger partial charge is 0.319 e. The van der Waals surface area contributed by atoms with Crippen molar-refractivity contribution in [3.05, 3.63) is 0 Å². The number of rotatable bonds is 6. The first-order valence-corrected chi connectivity index (χ1v) is 7.52. The third-order valence-electron chi connectivity index (χ3n) is 4.14. The normalized spacial score (nSPS) is 16.5. The Balaban J connectivity index is 2.53. The molecule has 0 bridgehead atoms. The van der Waals surface area contributed by atoms with Crippen LogP contribution in [0.1, 0.15) is 46.0 Å². The number of carbonyl (C=O) groups is 2. The Hall–Kier alpha value is -1.10. The number of hydrogen-bond donors (Lipinski definition) is 0. The first-order valence-electron chi connectivity index (χ1n) is 7.52. The quantitative estimate of drug-likeness (QED) is 0.696. The first-order chi connectivity index (χ1) is 9.45. The van der Waals surface area contributed by atoms with E-state index in [1.165, 1.54) is 26.4 Å². The third-order valence-corrected chi connectivity index (χ3v) is 4.14. The van der Waals surface area contributed by atoms with Crippen molar-refractivity contribution < 1.29 is 14.3 Å². The van der Waals surface area contributed by atoms with Crippen LogP contribution in [0.15, 0.2) is 0 Å². The number of ether oxygens (including phenoxy) is 1. The van der Waals surface area contributed by atoms with Gasteiger partial charge in [0.15, 0.2) is 0 Å². The van der Waals surface area contributed by atoms with Gasteiger partial charge in [-0.3, -0.25) is 14.5 Å². The molecule has 1 saturated carbocycles. The SMILES string of the molecule is COC(=O)CN(CC(=O)N(C)C1CCCCC1)C(C)C. The summed E-state index contributed by atoms with van der Waals surface area (Å²) >= 11 is 0. The van der Waals surface area contributed by atoms with Crippen molar-refractivity contribution in [3.8, 4) is 0 Å². The molecule has 1 aliphatic carbocycles. The number of nitrogens with zero attached hydrogens (tertiary/aromatic N) is 2. The molecule has 5 nitrogen and oxygen atoms in total. The molecular weight excluding hydrogens is 256 g/mol. The number of esters is 1. The summed E-state index contributed by atoms with van der Waals surface area (Å²) in [7, 11) is 3.26. The highest BCUT2D eigenvalue weighted by Gasteiger charge is 2.25. The van der Waals surface area contributed by atoms with E-state index in [-0.39, 0.29) is 31.0 Å². The Morgan fingerprint density at radius 3 is 2.25 bits per heavy atom. The lowest BCUT2D eigenvalue weighted by Gasteiger charge is -2.33. The van der Waals surface area contributed by atoms with Crippen LogP contribution in [0.5, 0.6) is 0 Å². The van der Waals surface area contributed by atoms with Crippen LogP contribution < -0.4 is 0 Å². The van der Waals surface area contributed by atoms with Crippen molar-refractivity contribution in [2.75, 3.05) is 27.2 Å². The zero-order chi connectivity index (χ0) is 15.1. The standard InChI is InChI=1S/C15H28N2O3/c1-12(2)17(11-15(19)20-4)10-14(18)16(3)13-8-6-5-7-9-13/h12-13H,5-11H2,1-4H3. The van der Waals surface area contributed by atoms with E-state index in [2.05, 4.69) is 4.74 Å². The second-order valence-electron chi connectivity index (χ2n) is 5.87. The molecule has 1 amide bonds. The monoisotopic (exact) mass is 284 g/mol. The van der Waals surface area contributed by atoms with Gasteiger partial charge in [-0.25, -0.2) is 0 Å². The van der Waals surface area contributed by atoms with Gasteiger partial charge in [0.1, 0.15) is 0 Å². The minimum atomic E-state index is -0.299. The summed E-state index contributed by atoms with van der Waals surface area (Å²) in [6, 6.07) is 0.501. The van der Waals surface area contributed by atoms with E-state index < -0.39 is 0 Å².